The van der Waals surface area contributed by atoms with E-state index in [0.29, 0.717) is 16.2 Å². The smallest absolute Gasteiger partial charge is 0.334 e. The number of nitrogens with zero attached hydrogens (tertiary/aromatic N) is 2. The van der Waals surface area contributed by atoms with Gasteiger partial charge in [-0.2, -0.15) is 0 Å². The van der Waals surface area contributed by atoms with Crippen molar-refractivity contribution < 1.29 is 29.1 Å². The highest BCUT2D eigenvalue weighted by molar-refractivity contribution is 6.44. The molecule has 21 heavy (non-hydrogen) atoms. The van der Waals surface area contributed by atoms with E-state index in [4.69, 9.17) is 5.11 Å². The Morgan fingerprint density at radius 1 is 1.24 bits per heavy atom. The van der Waals surface area contributed by atoms with Crippen molar-refractivity contribution in [3.63, 3.8) is 0 Å². The second-order valence-electron chi connectivity index (χ2n) is 4.64. The predicted octanol–water partition coefficient (Wildman–Crippen LogP) is -0.833. The van der Waals surface area contributed by atoms with Crippen LogP contribution in [-0.2, 0) is 19.2 Å². The lowest BCUT2D eigenvalue weighted by molar-refractivity contribution is -0.144. The van der Waals surface area contributed by atoms with Crippen LogP contribution in [0.2, 0.25) is 0 Å². The number of aliphatic carboxylic acids is 1. The Morgan fingerprint density at radius 2 is 1.86 bits per heavy atom. The first-order valence-corrected chi connectivity index (χ1v) is 6.45. The number of carboxylic acid groups (broad SMARTS) is 1. The number of urea groups is 1. The van der Waals surface area contributed by atoms with Gasteiger partial charge in [0, 0.05) is 7.05 Å². The van der Waals surface area contributed by atoms with Crippen molar-refractivity contribution in [1.82, 2.24) is 15.1 Å². The summed E-state index contributed by atoms with van der Waals surface area (Å²) in [6.45, 7) is 1.20. The molecule has 1 saturated heterocycles. The minimum Gasteiger partial charge on any atom is -0.480 e. The van der Waals surface area contributed by atoms with E-state index in [1.54, 1.807) is 0 Å². The Balaban J connectivity index is 2.64. The fourth-order valence-electron chi connectivity index (χ4n) is 1.80. The van der Waals surface area contributed by atoms with E-state index >= 15 is 0 Å². The van der Waals surface area contributed by atoms with E-state index in [-0.39, 0.29) is 6.42 Å². The van der Waals surface area contributed by atoms with Gasteiger partial charge in [-0.1, -0.05) is 19.8 Å². The summed E-state index contributed by atoms with van der Waals surface area (Å²) >= 11 is 0. The maximum atomic E-state index is 11.7. The van der Waals surface area contributed by atoms with Gasteiger partial charge in [-0.3, -0.25) is 19.3 Å². The lowest BCUT2D eigenvalue weighted by Gasteiger charge is -2.16. The van der Waals surface area contributed by atoms with Crippen LogP contribution in [0.4, 0.5) is 4.79 Å². The van der Waals surface area contributed by atoms with Crippen molar-refractivity contribution >= 4 is 29.7 Å². The number of carboxylic acids is 1. The predicted molar refractivity (Wildman–Crippen MR) is 69.0 cm³/mol. The molecule has 9 heteroatoms. The maximum Gasteiger partial charge on any atom is 0.334 e. The van der Waals surface area contributed by atoms with E-state index in [9.17, 15) is 24.0 Å². The Kier molecular flexibility index (Phi) is 5.39. The molecular formula is C12H17N3O6. The molecule has 5 amide bonds. The van der Waals surface area contributed by atoms with Gasteiger partial charge in [0.2, 0.25) is 5.91 Å². The number of carbonyl (C=O) groups excluding carboxylic acids is 4. The van der Waals surface area contributed by atoms with Gasteiger partial charge in [-0.15, -0.1) is 0 Å². The highest BCUT2D eigenvalue weighted by Gasteiger charge is 2.43. The van der Waals surface area contributed by atoms with Gasteiger partial charge in [0.1, 0.15) is 12.6 Å². The first-order valence-electron chi connectivity index (χ1n) is 6.45. The monoisotopic (exact) mass is 299 g/mol. The van der Waals surface area contributed by atoms with Crippen LogP contribution in [0.25, 0.3) is 0 Å². The first kappa shape index (κ1) is 16.6. The molecule has 0 unspecified atom stereocenters. The van der Waals surface area contributed by atoms with Crippen LogP contribution in [0.3, 0.4) is 0 Å². The zero-order chi connectivity index (χ0) is 16.2. The summed E-state index contributed by atoms with van der Waals surface area (Å²) in [5, 5.41) is 11.2. The number of rotatable bonds is 7. The normalized spacial score (nSPS) is 16.4. The Labute approximate surface area is 120 Å². The second-order valence-corrected chi connectivity index (χ2v) is 4.64. The van der Waals surface area contributed by atoms with Crippen molar-refractivity contribution in [3.05, 3.63) is 0 Å². The molecule has 1 heterocycles. The van der Waals surface area contributed by atoms with Crippen molar-refractivity contribution in [2.24, 2.45) is 0 Å². The lowest BCUT2D eigenvalue weighted by Crippen LogP contribution is -2.47. The van der Waals surface area contributed by atoms with E-state index < -0.39 is 42.3 Å². The molecule has 0 radical (unpaired) electrons. The third kappa shape index (κ3) is 3.77. The van der Waals surface area contributed by atoms with Gasteiger partial charge in [0.05, 0.1) is 0 Å². The lowest BCUT2D eigenvalue weighted by atomic mass is 10.1. The summed E-state index contributed by atoms with van der Waals surface area (Å²) in [6, 6.07) is -1.99. The van der Waals surface area contributed by atoms with Gasteiger partial charge in [0.25, 0.3) is 0 Å². The summed E-state index contributed by atoms with van der Waals surface area (Å²) < 4.78 is 0. The summed E-state index contributed by atoms with van der Waals surface area (Å²) in [5.74, 6) is -4.11. The molecule has 1 rings (SSSR count). The van der Waals surface area contributed by atoms with Gasteiger partial charge in [0.15, 0.2) is 0 Å². The molecule has 0 aromatic carbocycles. The third-order valence-electron chi connectivity index (χ3n) is 3.03. The SMILES string of the molecule is CCCC[C@H](NC(=O)CN1C(=O)C(=O)N(C)C1=O)C(=O)O. The molecule has 0 spiro atoms. The van der Waals surface area contributed by atoms with Gasteiger partial charge >= 0.3 is 23.8 Å². The molecule has 0 saturated carbocycles. The maximum absolute atomic E-state index is 11.7. The van der Waals surface area contributed by atoms with Crippen LogP contribution >= 0.6 is 0 Å². The zero-order valence-electron chi connectivity index (χ0n) is 11.8. The number of nitrogens with one attached hydrogen (secondary N) is 1. The van der Waals surface area contributed by atoms with Gasteiger partial charge < -0.3 is 10.4 Å². The van der Waals surface area contributed by atoms with Crippen molar-refractivity contribution in [2.45, 2.75) is 32.2 Å². The van der Waals surface area contributed by atoms with Gasteiger partial charge in [-0.25, -0.2) is 14.5 Å². The summed E-state index contributed by atoms with van der Waals surface area (Å²) in [5.41, 5.74) is 0. The Morgan fingerprint density at radius 3 is 2.29 bits per heavy atom. The number of amides is 5. The molecular weight excluding hydrogens is 282 g/mol. The van der Waals surface area contributed by atoms with Crippen LogP contribution in [0, 0.1) is 0 Å². The molecule has 0 aromatic heterocycles. The molecule has 1 fully saturated rings. The molecule has 1 aliphatic rings. The van der Waals surface area contributed by atoms with E-state index in [0.717, 1.165) is 13.5 Å². The largest absolute Gasteiger partial charge is 0.480 e. The number of carbonyl (C=O) groups is 5. The fourth-order valence-corrected chi connectivity index (χ4v) is 1.80. The van der Waals surface area contributed by atoms with Crippen molar-refractivity contribution in [2.75, 3.05) is 13.6 Å². The molecule has 0 aromatic rings. The average molecular weight is 299 g/mol. The van der Waals surface area contributed by atoms with E-state index in [1.165, 1.54) is 0 Å². The standard InChI is InChI=1S/C12H17N3O6/c1-3-4-5-7(11(19)20)13-8(16)6-15-10(18)9(17)14(2)12(15)21/h7H,3-6H2,1-2H3,(H,13,16)(H,19,20)/t7-/m0/s1. The fraction of sp³-hybridized carbons (Fsp3) is 0.583. The molecule has 1 atom stereocenters. The van der Waals surface area contributed by atoms with Crippen molar-refractivity contribution in [3.8, 4) is 0 Å². The number of hydrogen-bond acceptors (Lipinski definition) is 5. The minimum absolute atomic E-state index is 0.248. The highest BCUT2D eigenvalue weighted by Crippen LogP contribution is 2.09. The number of unbranched alkanes of at least 4 members (excludes halogenated alkanes) is 1. The Hall–Kier alpha value is -2.45. The molecule has 0 bridgehead atoms. The summed E-state index contributed by atoms with van der Waals surface area (Å²) in [7, 11) is 1.13. The molecule has 2 N–H and O–H groups in total. The third-order valence-corrected chi connectivity index (χ3v) is 3.03. The molecule has 9 nitrogen and oxygen atoms in total. The topological polar surface area (TPSA) is 124 Å². The highest BCUT2D eigenvalue weighted by atomic mass is 16.4. The van der Waals surface area contributed by atoms with E-state index in [2.05, 4.69) is 5.32 Å². The van der Waals surface area contributed by atoms with Crippen LogP contribution in [-0.4, -0.2) is 64.3 Å². The number of hydrogen-bond donors (Lipinski definition) is 2. The van der Waals surface area contributed by atoms with Crippen molar-refractivity contribution in [1.29, 1.82) is 0 Å². The first-order chi connectivity index (χ1) is 9.79. The average Bonchev–Trinajstić information content (AvgIpc) is 2.61. The zero-order valence-corrected chi connectivity index (χ0v) is 11.8. The molecule has 1 aliphatic heterocycles. The quantitative estimate of drug-likeness (QED) is 0.467. The molecule has 0 aliphatic carbocycles. The van der Waals surface area contributed by atoms with Crippen LogP contribution in [0.15, 0.2) is 0 Å². The summed E-state index contributed by atoms with van der Waals surface area (Å²) in [6.07, 6.45) is 1.63. The van der Waals surface area contributed by atoms with Crippen LogP contribution in [0.1, 0.15) is 26.2 Å². The van der Waals surface area contributed by atoms with Crippen LogP contribution in [0.5, 0.6) is 0 Å². The van der Waals surface area contributed by atoms with E-state index in [1.807, 2.05) is 6.92 Å². The number of likely N-dealkylation sites (N-methyl/N-ethyl adjacent to an activating group) is 1. The second kappa shape index (κ2) is 6.82. The minimum atomic E-state index is -1.19. The number of imide groups is 2. The van der Waals surface area contributed by atoms with Crippen LogP contribution < -0.4 is 5.32 Å². The Bertz CT molecular complexity index is 489. The van der Waals surface area contributed by atoms with Gasteiger partial charge in [-0.05, 0) is 6.42 Å². The summed E-state index contributed by atoms with van der Waals surface area (Å²) in [4.78, 5) is 58.1. The molecule has 116 valence electrons.